The van der Waals surface area contributed by atoms with E-state index in [4.69, 9.17) is 26.7 Å². The van der Waals surface area contributed by atoms with Crippen molar-refractivity contribution in [2.75, 3.05) is 44.9 Å². The number of ether oxygens (including phenoxy) is 2. The van der Waals surface area contributed by atoms with E-state index in [1.807, 2.05) is 25.1 Å². The number of nitrogens with one attached hydrogen (secondary N) is 2. The first-order valence-electron chi connectivity index (χ1n) is 9.15. The highest BCUT2D eigenvalue weighted by atomic mass is 32.1. The number of rotatable bonds is 7. The SMILES string of the molecule is COC[C@@H](C)NC(=S)N/N=C\c1sc(N2CCOCC2)nc1-c1ccccc1. The number of hydrazone groups is 1. The minimum atomic E-state index is 0.108. The van der Waals surface area contributed by atoms with Gasteiger partial charge in [0.2, 0.25) is 0 Å². The molecular weight excluding hydrogens is 394 g/mol. The average molecular weight is 420 g/mol. The van der Waals surface area contributed by atoms with Gasteiger partial charge >= 0.3 is 0 Å². The largest absolute Gasteiger partial charge is 0.383 e. The number of nitrogens with zero attached hydrogens (tertiary/aromatic N) is 3. The third-order valence-electron chi connectivity index (χ3n) is 4.11. The third kappa shape index (κ3) is 5.71. The second-order valence-electron chi connectivity index (χ2n) is 6.37. The molecule has 1 fully saturated rings. The van der Waals surface area contributed by atoms with Crippen molar-refractivity contribution >= 4 is 40.0 Å². The minimum Gasteiger partial charge on any atom is -0.383 e. The highest BCUT2D eigenvalue weighted by Crippen LogP contribution is 2.32. The van der Waals surface area contributed by atoms with Gasteiger partial charge in [0.15, 0.2) is 10.2 Å². The molecule has 1 atom stereocenters. The van der Waals surface area contributed by atoms with Crippen molar-refractivity contribution in [2.24, 2.45) is 5.10 Å². The molecule has 0 saturated carbocycles. The van der Waals surface area contributed by atoms with Gasteiger partial charge < -0.3 is 19.7 Å². The zero-order valence-electron chi connectivity index (χ0n) is 16.1. The summed E-state index contributed by atoms with van der Waals surface area (Å²) in [5.41, 5.74) is 4.85. The van der Waals surface area contributed by atoms with E-state index in [1.165, 1.54) is 0 Å². The van der Waals surface area contributed by atoms with Crippen molar-refractivity contribution in [2.45, 2.75) is 13.0 Å². The van der Waals surface area contributed by atoms with E-state index in [0.717, 1.165) is 47.6 Å². The second kappa shape index (κ2) is 10.5. The van der Waals surface area contributed by atoms with Crippen LogP contribution in [0.5, 0.6) is 0 Å². The van der Waals surface area contributed by atoms with Crippen molar-refractivity contribution in [3.63, 3.8) is 0 Å². The molecular formula is C19H25N5O2S2. The Morgan fingerprint density at radius 1 is 1.39 bits per heavy atom. The van der Waals surface area contributed by atoms with Crippen molar-refractivity contribution in [1.29, 1.82) is 0 Å². The Bertz CT molecular complexity index is 791. The molecule has 7 nitrogen and oxygen atoms in total. The normalized spacial score (nSPS) is 15.6. The highest BCUT2D eigenvalue weighted by Gasteiger charge is 2.18. The fourth-order valence-corrected chi connectivity index (χ4v) is 4.06. The Kier molecular flexibility index (Phi) is 7.72. The van der Waals surface area contributed by atoms with Crippen LogP contribution in [-0.2, 0) is 9.47 Å². The van der Waals surface area contributed by atoms with Crippen molar-refractivity contribution in [3.8, 4) is 11.3 Å². The molecule has 150 valence electrons. The fourth-order valence-electron chi connectivity index (χ4n) is 2.80. The molecule has 1 aromatic heterocycles. The van der Waals surface area contributed by atoms with Crippen LogP contribution in [0.4, 0.5) is 5.13 Å². The maximum absolute atomic E-state index is 5.45. The lowest BCUT2D eigenvalue weighted by Crippen LogP contribution is -2.40. The Morgan fingerprint density at radius 3 is 2.86 bits per heavy atom. The molecule has 2 aromatic rings. The van der Waals surface area contributed by atoms with E-state index in [-0.39, 0.29) is 6.04 Å². The number of hydrogen-bond acceptors (Lipinski definition) is 7. The molecule has 1 aromatic carbocycles. The molecule has 1 aliphatic heterocycles. The average Bonchev–Trinajstić information content (AvgIpc) is 3.14. The standard InChI is InChI=1S/C19H25N5O2S2/c1-14(13-25-2)21-18(27)23-20-12-16-17(15-6-4-3-5-7-15)22-19(28-16)24-8-10-26-11-9-24/h3-7,12,14H,8-11,13H2,1-2H3,(H2,21,23,27)/b20-12-/t14-/m1/s1. The van der Waals surface area contributed by atoms with Crippen LogP contribution in [0.15, 0.2) is 35.4 Å². The summed E-state index contributed by atoms with van der Waals surface area (Å²) in [6, 6.07) is 10.2. The van der Waals surface area contributed by atoms with Gasteiger partial charge in [-0.25, -0.2) is 4.98 Å². The molecule has 0 aliphatic carbocycles. The summed E-state index contributed by atoms with van der Waals surface area (Å²) in [5.74, 6) is 0. The van der Waals surface area contributed by atoms with Crippen molar-refractivity contribution in [3.05, 3.63) is 35.2 Å². The number of methoxy groups -OCH3 is 1. The van der Waals surface area contributed by atoms with Crippen LogP contribution in [0.3, 0.4) is 0 Å². The summed E-state index contributed by atoms with van der Waals surface area (Å²) < 4.78 is 10.5. The predicted octanol–water partition coefficient (Wildman–Crippen LogP) is 2.48. The van der Waals surface area contributed by atoms with Crippen LogP contribution in [0.2, 0.25) is 0 Å². The van der Waals surface area contributed by atoms with E-state index < -0.39 is 0 Å². The number of anilines is 1. The van der Waals surface area contributed by atoms with Crippen LogP contribution in [0, 0.1) is 0 Å². The van der Waals surface area contributed by atoms with Gasteiger partial charge in [0.05, 0.1) is 36.6 Å². The quantitative estimate of drug-likeness (QED) is 0.406. The molecule has 0 amide bonds. The monoisotopic (exact) mass is 419 g/mol. The van der Waals surface area contributed by atoms with E-state index in [9.17, 15) is 0 Å². The summed E-state index contributed by atoms with van der Waals surface area (Å²) in [5, 5.41) is 8.87. The second-order valence-corrected chi connectivity index (χ2v) is 7.79. The van der Waals surface area contributed by atoms with Gasteiger partial charge in [0.1, 0.15) is 0 Å². The maximum Gasteiger partial charge on any atom is 0.187 e. The Balaban J connectivity index is 1.74. The molecule has 3 rings (SSSR count). The molecule has 28 heavy (non-hydrogen) atoms. The van der Waals surface area contributed by atoms with Crippen molar-refractivity contribution < 1.29 is 9.47 Å². The first kappa shape index (κ1) is 20.7. The summed E-state index contributed by atoms with van der Waals surface area (Å²) in [4.78, 5) is 8.11. The van der Waals surface area contributed by atoms with E-state index in [2.05, 4.69) is 32.9 Å². The van der Waals surface area contributed by atoms with Crippen molar-refractivity contribution in [1.82, 2.24) is 15.7 Å². The lowest BCUT2D eigenvalue weighted by atomic mass is 10.1. The lowest BCUT2D eigenvalue weighted by Gasteiger charge is -2.26. The smallest absolute Gasteiger partial charge is 0.187 e. The molecule has 0 unspecified atom stereocenters. The first-order chi connectivity index (χ1) is 13.7. The van der Waals surface area contributed by atoms with Crippen LogP contribution < -0.4 is 15.6 Å². The number of aromatic nitrogens is 1. The fraction of sp³-hybridized carbons (Fsp3) is 0.421. The first-order valence-corrected chi connectivity index (χ1v) is 10.4. The number of morpholine rings is 1. The van der Waals surface area contributed by atoms with E-state index in [1.54, 1.807) is 24.7 Å². The Morgan fingerprint density at radius 2 is 2.14 bits per heavy atom. The van der Waals surface area contributed by atoms with Gasteiger partial charge in [0.25, 0.3) is 0 Å². The van der Waals surface area contributed by atoms with Gasteiger partial charge in [-0.3, -0.25) is 5.43 Å². The molecule has 0 bridgehead atoms. The molecule has 1 saturated heterocycles. The zero-order valence-corrected chi connectivity index (χ0v) is 17.7. The molecule has 9 heteroatoms. The number of benzene rings is 1. The Hall–Kier alpha value is -2.07. The number of hydrogen-bond donors (Lipinski definition) is 2. The molecule has 0 spiro atoms. The summed E-state index contributed by atoms with van der Waals surface area (Å²) >= 11 is 6.89. The predicted molar refractivity (Wildman–Crippen MR) is 118 cm³/mol. The Labute approximate surface area is 174 Å². The van der Waals surface area contributed by atoms with E-state index in [0.29, 0.717) is 11.7 Å². The van der Waals surface area contributed by atoms with Gasteiger partial charge in [0, 0.05) is 31.8 Å². The third-order valence-corrected chi connectivity index (χ3v) is 5.37. The molecule has 0 radical (unpaired) electrons. The maximum atomic E-state index is 5.45. The zero-order chi connectivity index (χ0) is 19.8. The van der Waals surface area contributed by atoms with Gasteiger partial charge in [-0.05, 0) is 19.1 Å². The number of thiazole rings is 1. The molecule has 2 N–H and O–H groups in total. The van der Waals surface area contributed by atoms with Crippen LogP contribution in [0.1, 0.15) is 11.8 Å². The lowest BCUT2D eigenvalue weighted by molar-refractivity contribution is 0.122. The van der Waals surface area contributed by atoms with Gasteiger partial charge in [-0.2, -0.15) is 5.10 Å². The minimum absolute atomic E-state index is 0.108. The van der Waals surface area contributed by atoms with Crippen LogP contribution in [-0.4, -0.2) is 62.4 Å². The van der Waals surface area contributed by atoms with E-state index >= 15 is 0 Å². The summed E-state index contributed by atoms with van der Waals surface area (Å²) in [6.07, 6.45) is 1.78. The number of thiocarbonyl (C=S) groups is 1. The van der Waals surface area contributed by atoms with Crippen LogP contribution in [0.25, 0.3) is 11.3 Å². The summed E-state index contributed by atoms with van der Waals surface area (Å²) in [6.45, 7) is 5.72. The summed E-state index contributed by atoms with van der Waals surface area (Å²) in [7, 11) is 1.66. The topological polar surface area (TPSA) is 71.0 Å². The molecule has 2 heterocycles. The molecule has 1 aliphatic rings. The van der Waals surface area contributed by atoms with Gasteiger partial charge in [-0.1, -0.05) is 41.7 Å². The van der Waals surface area contributed by atoms with Crippen LogP contribution >= 0.6 is 23.6 Å². The van der Waals surface area contributed by atoms with Gasteiger partial charge in [-0.15, -0.1) is 0 Å². The highest BCUT2D eigenvalue weighted by molar-refractivity contribution is 7.80.